The normalized spacial score (nSPS) is 11.2. The molecule has 1 aromatic heterocycles. The van der Waals surface area contributed by atoms with Gasteiger partial charge in [0, 0.05) is 41.9 Å². The minimum Gasteiger partial charge on any atom is -0.369 e. The summed E-state index contributed by atoms with van der Waals surface area (Å²) < 4.78 is 0. The van der Waals surface area contributed by atoms with Gasteiger partial charge < -0.3 is 4.90 Å². The number of aromatic nitrogens is 2. The highest BCUT2D eigenvalue weighted by atomic mass is 35.5. The summed E-state index contributed by atoms with van der Waals surface area (Å²) in [6, 6.07) is 8.13. The van der Waals surface area contributed by atoms with Crippen molar-refractivity contribution < 1.29 is 0 Å². The number of anilines is 2. The summed E-state index contributed by atoms with van der Waals surface area (Å²) in [5.74, 6) is 1.67. The Kier molecular flexibility index (Phi) is 9.51. The molecule has 0 aliphatic heterocycles. The fourth-order valence-electron chi connectivity index (χ4n) is 3.01. The van der Waals surface area contributed by atoms with Crippen molar-refractivity contribution in [1.29, 1.82) is 0 Å². The molecular weight excluding hydrogens is 393 g/mol. The van der Waals surface area contributed by atoms with Crippen LogP contribution in [0.1, 0.15) is 42.3 Å². The van der Waals surface area contributed by atoms with Crippen molar-refractivity contribution in [2.75, 3.05) is 35.2 Å². The molecule has 0 spiro atoms. The zero-order chi connectivity index (χ0) is 20.4. The molecule has 0 unspecified atom stereocenters. The summed E-state index contributed by atoms with van der Waals surface area (Å²) >= 11 is 11.7. The molecule has 28 heavy (non-hydrogen) atoms. The first kappa shape index (κ1) is 22.4. The number of unbranched alkanes of at least 4 members (excludes halogenated alkanes) is 1. The van der Waals surface area contributed by atoms with Crippen LogP contribution in [0.15, 0.2) is 29.4 Å². The third kappa shape index (κ3) is 6.64. The Labute approximate surface area is 178 Å². The first-order valence-electron chi connectivity index (χ1n) is 9.69. The number of aryl methyl sites for hydroxylation is 2. The minimum absolute atomic E-state index is 0.526. The SMILES string of the molecule is CCCCc1c(C)nc(N/N=C\c2ccc(N(CCCl)CCCl)cc2)nc1C. The van der Waals surface area contributed by atoms with E-state index in [2.05, 4.69) is 32.3 Å². The molecular formula is C21H29Cl2N5. The van der Waals surface area contributed by atoms with Crippen molar-refractivity contribution in [2.24, 2.45) is 5.10 Å². The predicted molar refractivity (Wildman–Crippen MR) is 121 cm³/mol. The van der Waals surface area contributed by atoms with Gasteiger partial charge in [-0.05, 0) is 49.9 Å². The van der Waals surface area contributed by atoms with Gasteiger partial charge in [0.2, 0.25) is 5.95 Å². The lowest BCUT2D eigenvalue weighted by molar-refractivity contribution is 0.774. The highest BCUT2D eigenvalue weighted by Crippen LogP contribution is 2.16. The molecule has 0 fully saturated rings. The molecule has 0 saturated heterocycles. The van der Waals surface area contributed by atoms with Crippen LogP contribution in [0.25, 0.3) is 0 Å². The smallest absolute Gasteiger partial charge is 0.243 e. The van der Waals surface area contributed by atoms with E-state index in [1.807, 2.05) is 38.1 Å². The Bertz CT molecular complexity index is 733. The monoisotopic (exact) mass is 421 g/mol. The number of hydrazone groups is 1. The van der Waals surface area contributed by atoms with E-state index < -0.39 is 0 Å². The molecule has 152 valence electrons. The van der Waals surface area contributed by atoms with Gasteiger partial charge in [-0.3, -0.25) is 0 Å². The zero-order valence-corrected chi connectivity index (χ0v) is 18.4. The average Bonchev–Trinajstić information content (AvgIpc) is 2.68. The zero-order valence-electron chi connectivity index (χ0n) is 16.9. The Morgan fingerprint density at radius 1 is 1.04 bits per heavy atom. The number of hydrogen-bond acceptors (Lipinski definition) is 5. The van der Waals surface area contributed by atoms with E-state index in [9.17, 15) is 0 Å². The second kappa shape index (κ2) is 11.9. The number of alkyl halides is 2. The predicted octanol–water partition coefficient (Wildman–Crippen LogP) is 5.17. The van der Waals surface area contributed by atoms with Gasteiger partial charge >= 0.3 is 0 Å². The van der Waals surface area contributed by atoms with E-state index in [1.165, 1.54) is 5.56 Å². The molecule has 2 aromatic rings. The number of halogens is 2. The van der Waals surface area contributed by atoms with E-state index in [1.54, 1.807) is 6.21 Å². The standard InChI is InChI=1S/C21H29Cl2N5/c1-4-5-6-20-16(2)25-21(26-17(20)3)27-24-15-18-7-9-19(10-8-18)28(13-11-22)14-12-23/h7-10,15H,4-6,11-14H2,1-3H3,(H,25,26,27)/b24-15-. The Hall–Kier alpha value is -1.85. The van der Waals surface area contributed by atoms with E-state index in [4.69, 9.17) is 23.2 Å². The Balaban J connectivity index is 2.00. The largest absolute Gasteiger partial charge is 0.369 e. The van der Waals surface area contributed by atoms with Gasteiger partial charge in [0.25, 0.3) is 0 Å². The maximum atomic E-state index is 5.87. The minimum atomic E-state index is 0.526. The lowest BCUT2D eigenvalue weighted by atomic mass is 10.1. The molecule has 5 nitrogen and oxygen atoms in total. The van der Waals surface area contributed by atoms with Crippen molar-refractivity contribution in [2.45, 2.75) is 40.0 Å². The van der Waals surface area contributed by atoms with Gasteiger partial charge in [0.05, 0.1) is 6.21 Å². The van der Waals surface area contributed by atoms with Crippen LogP contribution in [-0.2, 0) is 6.42 Å². The molecule has 0 atom stereocenters. The van der Waals surface area contributed by atoms with Crippen molar-refractivity contribution in [3.05, 3.63) is 46.8 Å². The summed E-state index contributed by atoms with van der Waals surface area (Å²) in [6.07, 6.45) is 5.10. The quantitative estimate of drug-likeness (QED) is 0.309. The van der Waals surface area contributed by atoms with Crippen molar-refractivity contribution in [1.82, 2.24) is 9.97 Å². The van der Waals surface area contributed by atoms with Crippen LogP contribution in [0, 0.1) is 13.8 Å². The summed E-state index contributed by atoms with van der Waals surface area (Å²) in [5, 5.41) is 4.28. The number of hydrogen-bond donors (Lipinski definition) is 1. The van der Waals surface area contributed by atoms with Gasteiger partial charge in [-0.25, -0.2) is 15.4 Å². The third-order valence-corrected chi connectivity index (χ3v) is 4.88. The first-order chi connectivity index (χ1) is 13.6. The topological polar surface area (TPSA) is 53.4 Å². The molecule has 0 bridgehead atoms. The second-order valence-corrected chi connectivity index (χ2v) is 7.38. The average molecular weight is 422 g/mol. The summed E-state index contributed by atoms with van der Waals surface area (Å²) in [5.41, 5.74) is 8.30. The Morgan fingerprint density at radius 3 is 2.18 bits per heavy atom. The van der Waals surface area contributed by atoms with Crippen LogP contribution in [0.4, 0.5) is 11.6 Å². The fourth-order valence-corrected chi connectivity index (χ4v) is 3.42. The van der Waals surface area contributed by atoms with Crippen LogP contribution in [0.3, 0.4) is 0 Å². The molecule has 0 saturated carbocycles. The summed E-state index contributed by atoms with van der Waals surface area (Å²) in [7, 11) is 0. The van der Waals surface area contributed by atoms with Gasteiger partial charge in [-0.15, -0.1) is 23.2 Å². The molecule has 7 heteroatoms. The molecule has 1 aromatic carbocycles. The lowest BCUT2D eigenvalue weighted by Crippen LogP contribution is -2.27. The fraction of sp³-hybridized carbons (Fsp3) is 0.476. The molecule has 0 aliphatic rings. The summed E-state index contributed by atoms with van der Waals surface area (Å²) in [6.45, 7) is 7.79. The van der Waals surface area contributed by atoms with E-state index in [0.717, 1.165) is 55.0 Å². The van der Waals surface area contributed by atoms with Crippen LogP contribution < -0.4 is 10.3 Å². The number of benzene rings is 1. The highest BCUT2D eigenvalue weighted by molar-refractivity contribution is 6.18. The highest BCUT2D eigenvalue weighted by Gasteiger charge is 2.08. The van der Waals surface area contributed by atoms with Gasteiger partial charge in [0.1, 0.15) is 0 Å². The summed E-state index contributed by atoms with van der Waals surface area (Å²) in [4.78, 5) is 11.2. The van der Waals surface area contributed by atoms with Crippen LogP contribution in [0.5, 0.6) is 0 Å². The number of nitrogens with zero attached hydrogens (tertiary/aromatic N) is 4. The van der Waals surface area contributed by atoms with E-state index in [0.29, 0.717) is 17.7 Å². The maximum Gasteiger partial charge on any atom is 0.243 e. The molecule has 1 heterocycles. The number of rotatable bonds is 11. The third-order valence-electron chi connectivity index (χ3n) is 4.55. The molecule has 0 radical (unpaired) electrons. The van der Waals surface area contributed by atoms with Crippen LogP contribution >= 0.6 is 23.2 Å². The van der Waals surface area contributed by atoms with Crippen molar-refractivity contribution in [3.8, 4) is 0 Å². The van der Waals surface area contributed by atoms with Crippen molar-refractivity contribution in [3.63, 3.8) is 0 Å². The molecule has 1 N–H and O–H groups in total. The second-order valence-electron chi connectivity index (χ2n) is 6.63. The van der Waals surface area contributed by atoms with Crippen LogP contribution in [-0.4, -0.2) is 41.0 Å². The number of nitrogens with one attached hydrogen (secondary N) is 1. The van der Waals surface area contributed by atoms with E-state index >= 15 is 0 Å². The van der Waals surface area contributed by atoms with Gasteiger partial charge in [-0.1, -0.05) is 25.5 Å². The maximum absolute atomic E-state index is 5.87. The van der Waals surface area contributed by atoms with Crippen molar-refractivity contribution >= 4 is 41.1 Å². The van der Waals surface area contributed by atoms with E-state index in [-0.39, 0.29) is 0 Å². The van der Waals surface area contributed by atoms with Crippen LogP contribution in [0.2, 0.25) is 0 Å². The molecule has 0 aliphatic carbocycles. The van der Waals surface area contributed by atoms with Gasteiger partial charge in [-0.2, -0.15) is 5.10 Å². The van der Waals surface area contributed by atoms with Gasteiger partial charge in [0.15, 0.2) is 0 Å². The first-order valence-corrected chi connectivity index (χ1v) is 10.8. The lowest BCUT2D eigenvalue weighted by Gasteiger charge is -2.22. The molecule has 2 rings (SSSR count). The molecule has 0 amide bonds. The Morgan fingerprint density at radius 2 is 1.64 bits per heavy atom.